The molecule has 0 saturated carbocycles. The lowest BCUT2D eigenvalue weighted by molar-refractivity contribution is -0.142. The molecule has 1 amide bonds. The Balaban J connectivity index is 1.79. The van der Waals surface area contributed by atoms with Crippen LogP contribution >= 0.6 is 34.3 Å². The van der Waals surface area contributed by atoms with Gasteiger partial charge in [-0.1, -0.05) is 11.6 Å². The summed E-state index contributed by atoms with van der Waals surface area (Å²) in [6.07, 6.45) is 1.13. The van der Waals surface area contributed by atoms with E-state index in [1.54, 1.807) is 12.3 Å². The van der Waals surface area contributed by atoms with E-state index in [0.29, 0.717) is 35.3 Å². The maximum atomic E-state index is 11.9. The zero-order chi connectivity index (χ0) is 15.9. The third-order valence-corrected chi connectivity index (χ3v) is 4.80. The van der Waals surface area contributed by atoms with Crippen LogP contribution in [0.3, 0.4) is 0 Å². The van der Waals surface area contributed by atoms with Crippen LogP contribution in [0.25, 0.3) is 0 Å². The minimum Gasteiger partial charge on any atom is -0.466 e. The second-order valence-electron chi connectivity index (χ2n) is 4.41. The highest BCUT2D eigenvalue weighted by Crippen LogP contribution is 2.21. The second kappa shape index (κ2) is 8.26. The third-order valence-electron chi connectivity index (χ3n) is 2.65. The predicted octanol–water partition coefficient (Wildman–Crippen LogP) is 3.53. The van der Waals surface area contributed by atoms with Crippen LogP contribution in [-0.4, -0.2) is 23.5 Å². The first-order chi connectivity index (χ1) is 10.6. The van der Waals surface area contributed by atoms with E-state index in [4.69, 9.17) is 16.3 Å². The number of halogens is 1. The number of carbonyl (C=O) groups excluding carboxylic acids is 2. The van der Waals surface area contributed by atoms with Crippen molar-refractivity contribution in [2.24, 2.45) is 0 Å². The highest BCUT2D eigenvalue weighted by molar-refractivity contribution is 7.14. The van der Waals surface area contributed by atoms with Crippen molar-refractivity contribution < 1.29 is 14.3 Å². The van der Waals surface area contributed by atoms with Crippen molar-refractivity contribution in [2.45, 2.75) is 26.2 Å². The molecular weight excluding hydrogens is 344 g/mol. The molecule has 0 aliphatic rings. The molecule has 0 atom stereocenters. The number of anilines is 1. The molecule has 0 aliphatic carbocycles. The summed E-state index contributed by atoms with van der Waals surface area (Å²) in [6.45, 7) is 2.10. The molecule has 2 aromatic rings. The van der Waals surface area contributed by atoms with Gasteiger partial charge < -0.3 is 10.1 Å². The largest absolute Gasteiger partial charge is 0.466 e. The van der Waals surface area contributed by atoms with Gasteiger partial charge in [-0.15, -0.1) is 22.7 Å². The van der Waals surface area contributed by atoms with Crippen LogP contribution in [-0.2, 0) is 27.2 Å². The summed E-state index contributed by atoms with van der Waals surface area (Å²) in [6, 6.07) is 1.86. The molecule has 118 valence electrons. The number of amides is 1. The average molecular weight is 359 g/mol. The van der Waals surface area contributed by atoms with Crippen molar-refractivity contribution in [3.05, 3.63) is 32.4 Å². The molecule has 2 rings (SSSR count). The number of thiophene rings is 1. The molecular formula is C14H15ClN2O3S2. The van der Waals surface area contributed by atoms with Gasteiger partial charge in [0.1, 0.15) is 0 Å². The Labute approximate surface area is 141 Å². The maximum absolute atomic E-state index is 11.9. The summed E-state index contributed by atoms with van der Waals surface area (Å²) >= 11 is 8.67. The predicted molar refractivity (Wildman–Crippen MR) is 88.7 cm³/mol. The van der Waals surface area contributed by atoms with Crippen molar-refractivity contribution in [1.82, 2.24) is 4.98 Å². The number of aromatic nitrogens is 1. The Hall–Kier alpha value is -1.44. The molecule has 0 bridgehead atoms. The fraction of sp³-hybridized carbons (Fsp3) is 0.357. The van der Waals surface area contributed by atoms with Crippen LogP contribution in [0.15, 0.2) is 16.8 Å². The van der Waals surface area contributed by atoms with E-state index in [1.807, 2.05) is 11.4 Å². The Morgan fingerprint density at radius 2 is 2.18 bits per heavy atom. The minimum atomic E-state index is -0.319. The molecule has 0 radical (unpaired) electrons. The second-order valence-corrected chi connectivity index (χ2v) is 6.70. The molecule has 0 aromatic carbocycles. The number of rotatable bonds is 7. The van der Waals surface area contributed by atoms with Gasteiger partial charge in [0.25, 0.3) is 0 Å². The standard InChI is InChI=1S/C14H15ClN2O3S2/c1-2-20-13(19)6-10-8-22-14(16-10)17-12(18)4-3-11-5-9(15)7-21-11/h5,7-8H,2-4,6H2,1H3,(H,16,17,18). The molecule has 1 N–H and O–H groups in total. The van der Waals surface area contributed by atoms with Gasteiger partial charge in [0, 0.05) is 22.1 Å². The number of thiazole rings is 1. The van der Waals surface area contributed by atoms with Gasteiger partial charge in [-0.2, -0.15) is 0 Å². The number of esters is 1. The molecule has 22 heavy (non-hydrogen) atoms. The fourth-order valence-electron chi connectivity index (χ4n) is 1.71. The van der Waals surface area contributed by atoms with E-state index < -0.39 is 0 Å². The van der Waals surface area contributed by atoms with Gasteiger partial charge in [-0.3, -0.25) is 9.59 Å². The molecule has 2 aromatic heterocycles. The van der Waals surface area contributed by atoms with Crippen LogP contribution in [0.1, 0.15) is 23.9 Å². The van der Waals surface area contributed by atoms with Gasteiger partial charge in [0.05, 0.1) is 23.7 Å². The normalized spacial score (nSPS) is 10.5. The summed E-state index contributed by atoms with van der Waals surface area (Å²) in [5.74, 6) is -0.429. The van der Waals surface area contributed by atoms with E-state index in [2.05, 4.69) is 10.3 Å². The van der Waals surface area contributed by atoms with Gasteiger partial charge >= 0.3 is 5.97 Å². The number of ether oxygens (including phenoxy) is 1. The van der Waals surface area contributed by atoms with Crippen LogP contribution in [0.5, 0.6) is 0 Å². The zero-order valence-corrected chi connectivity index (χ0v) is 14.3. The van der Waals surface area contributed by atoms with Crippen LogP contribution in [0, 0.1) is 0 Å². The van der Waals surface area contributed by atoms with Crippen molar-refractivity contribution in [3.63, 3.8) is 0 Å². The lowest BCUT2D eigenvalue weighted by Crippen LogP contribution is -2.12. The van der Waals surface area contributed by atoms with Gasteiger partial charge in [0.15, 0.2) is 5.13 Å². The molecule has 5 nitrogen and oxygen atoms in total. The SMILES string of the molecule is CCOC(=O)Cc1csc(NC(=O)CCc2cc(Cl)cs2)n1. The highest BCUT2D eigenvalue weighted by Gasteiger charge is 2.11. The van der Waals surface area contributed by atoms with Gasteiger partial charge in [0.2, 0.25) is 5.91 Å². The summed E-state index contributed by atoms with van der Waals surface area (Å²) in [5.41, 5.74) is 0.601. The first kappa shape index (κ1) is 16.9. The lowest BCUT2D eigenvalue weighted by atomic mass is 10.2. The summed E-state index contributed by atoms with van der Waals surface area (Å²) in [7, 11) is 0. The van der Waals surface area contributed by atoms with Crippen molar-refractivity contribution >= 4 is 51.3 Å². The maximum Gasteiger partial charge on any atom is 0.311 e. The number of hydrogen-bond acceptors (Lipinski definition) is 6. The Kier molecular flexibility index (Phi) is 6.35. The van der Waals surface area contributed by atoms with Gasteiger partial charge in [-0.05, 0) is 19.4 Å². The molecule has 0 unspecified atom stereocenters. The number of nitrogens with zero attached hydrogens (tertiary/aromatic N) is 1. The Morgan fingerprint density at radius 1 is 1.36 bits per heavy atom. The first-order valence-electron chi connectivity index (χ1n) is 6.69. The fourth-order valence-corrected chi connectivity index (χ4v) is 3.51. The van der Waals surface area contributed by atoms with Crippen molar-refractivity contribution in [2.75, 3.05) is 11.9 Å². The van der Waals surface area contributed by atoms with Crippen molar-refractivity contribution in [3.8, 4) is 0 Å². The van der Waals surface area contributed by atoms with E-state index in [9.17, 15) is 9.59 Å². The van der Waals surface area contributed by atoms with E-state index in [1.165, 1.54) is 22.7 Å². The zero-order valence-electron chi connectivity index (χ0n) is 11.9. The number of aryl methyl sites for hydroxylation is 1. The summed E-state index contributed by atoms with van der Waals surface area (Å²) in [4.78, 5) is 28.5. The average Bonchev–Trinajstić information content (AvgIpc) is 3.06. The van der Waals surface area contributed by atoms with Crippen LogP contribution < -0.4 is 5.32 Å². The topological polar surface area (TPSA) is 68.3 Å². The molecule has 0 aliphatic heterocycles. The third kappa shape index (κ3) is 5.40. The molecule has 0 saturated heterocycles. The highest BCUT2D eigenvalue weighted by atomic mass is 35.5. The molecule has 8 heteroatoms. The van der Waals surface area contributed by atoms with E-state index >= 15 is 0 Å². The molecule has 0 spiro atoms. The number of nitrogens with one attached hydrogen (secondary N) is 1. The number of carbonyl (C=O) groups is 2. The van der Waals surface area contributed by atoms with E-state index in [-0.39, 0.29) is 18.3 Å². The van der Waals surface area contributed by atoms with E-state index in [0.717, 1.165) is 4.88 Å². The summed E-state index contributed by atoms with van der Waals surface area (Å²) < 4.78 is 4.85. The first-order valence-corrected chi connectivity index (χ1v) is 8.83. The van der Waals surface area contributed by atoms with Crippen molar-refractivity contribution in [1.29, 1.82) is 0 Å². The van der Waals surface area contributed by atoms with Crippen LogP contribution in [0.2, 0.25) is 5.02 Å². The quantitative estimate of drug-likeness (QED) is 0.769. The Morgan fingerprint density at radius 3 is 2.86 bits per heavy atom. The summed E-state index contributed by atoms with van der Waals surface area (Å²) in [5, 5.41) is 7.51. The lowest BCUT2D eigenvalue weighted by Gasteiger charge is -2.00. The molecule has 0 fully saturated rings. The van der Waals surface area contributed by atoms with Gasteiger partial charge in [-0.25, -0.2) is 4.98 Å². The minimum absolute atomic E-state index is 0.110. The Bertz CT molecular complexity index is 654. The number of hydrogen-bond donors (Lipinski definition) is 1. The van der Waals surface area contributed by atoms with Crippen LogP contribution in [0.4, 0.5) is 5.13 Å². The monoisotopic (exact) mass is 358 g/mol. The smallest absolute Gasteiger partial charge is 0.311 e. The molecule has 2 heterocycles.